The summed E-state index contributed by atoms with van der Waals surface area (Å²) >= 11 is 0. The Balaban J connectivity index is 2.26. The molecular formula is C13H27N5O2. The zero-order valence-electron chi connectivity index (χ0n) is 12.5. The second-order valence-corrected chi connectivity index (χ2v) is 5.36. The van der Waals surface area contributed by atoms with Gasteiger partial charge in [-0.1, -0.05) is 0 Å². The van der Waals surface area contributed by atoms with Crippen LogP contribution in [-0.2, 0) is 9.59 Å². The molecule has 0 aliphatic carbocycles. The van der Waals surface area contributed by atoms with Gasteiger partial charge in [0.1, 0.15) is 0 Å². The van der Waals surface area contributed by atoms with Crippen molar-refractivity contribution in [3.63, 3.8) is 0 Å². The number of hydrazine groups is 1. The molecule has 1 aliphatic heterocycles. The predicted molar refractivity (Wildman–Crippen MR) is 77.7 cm³/mol. The molecule has 7 nitrogen and oxygen atoms in total. The molecule has 0 bridgehead atoms. The van der Waals surface area contributed by atoms with Gasteiger partial charge < -0.3 is 10.2 Å². The Bertz CT molecular complexity index is 316. The minimum atomic E-state index is -0.124. The van der Waals surface area contributed by atoms with E-state index in [4.69, 9.17) is 5.84 Å². The molecule has 0 spiro atoms. The van der Waals surface area contributed by atoms with Crippen LogP contribution < -0.4 is 16.6 Å². The summed E-state index contributed by atoms with van der Waals surface area (Å²) in [6.45, 7) is 3.58. The van der Waals surface area contributed by atoms with Crippen LogP contribution in [0, 0.1) is 5.92 Å². The number of piperidine rings is 1. The number of nitrogens with one attached hydrogen (secondary N) is 2. The Morgan fingerprint density at radius 1 is 1.35 bits per heavy atom. The van der Waals surface area contributed by atoms with Crippen LogP contribution in [0.3, 0.4) is 0 Å². The summed E-state index contributed by atoms with van der Waals surface area (Å²) in [5.41, 5.74) is 2.18. The number of rotatable bonds is 7. The van der Waals surface area contributed by atoms with E-state index in [0.29, 0.717) is 32.5 Å². The molecule has 1 rings (SSSR count). The van der Waals surface area contributed by atoms with E-state index in [2.05, 4.69) is 10.7 Å². The maximum absolute atomic E-state index is 12.1. The van der Waals surface area contributed by atoms with E-state index in [-0.39, 0.29) is 17.7 Å². The lowest BCUT2D eigenvalue weighted by atomic mass is 9.96. The van der Waals surface area contributed by atoms with Crippen LogP contribution in [0.4, 0.5) is 0 Å². The van der Waals surface area contributed by atoms with Crippen molar-refractivity contribution in [3.05, 3.63) is 0 Å². The van der Waals surface area contributed by atoms with E-state index in [1.54, 1.807) is 0 Å². The lowest BCUT2D eigenvalue weighted by Crippen LogP contribution is -2.47. The second kappa shape index (κ2) is 8.89. The van der Waals surface area contributed by atoms with Crippen molar-refractivity contribution >= 4 is 11.8 Å². The highest BCUT2D eigenvalue weighted by Crippen LogP contribution is 2.17. The van der Waals surface area contributed by atoms with Gasteiger partial charge in [-0.15, -0.1) is 0 Å². The lowest BCUT2D eigenvalue weighted by Gasteiger charge is -2.32. The maximum atomic E-state index is 12.1. The van der Waals surface area contributed by atoms with Gasteiger partial charge in [-0.3, -0.25) is 19.9 Å². The van der Waals surface area contributed by atoms with E-state index in [9.17, 15) is 9.59 Å². The highest BCUT2D eigenvalue weighted by molar-refractivity contribution is 5.80. The third kappa shape index (κ3) is 5.44. The monoisotopic (exact) mass is 285 g/mol. The van der Waals surface area contributed by atoms with Crippen LogP contribution in [0.1, 0.15) is 19.3 Å². The minimum Gasteiger partial charge on any atom is -0.342 e. The number of likely N-dealkylation sites (N-methyl/N-ethyl adjacent to an activating group) is 1. The molecule has 0 unspecified atom stereocenters. The van der Waals surface area contributed by atoms with Crippen molar-refractivity contribution in [2.24, 2.45) is 11.8 Å². The van der Waals surface area contributed by atoms with Crippen LogP contribution in [0.5, 0.6) is 0 Å². The molecule has 0 atom stereocenters. The molecule has 7 heteroatoms. The summed E-state index contributed by atoms with van der Waals surface area (Å²) in [4.78, 5) is 27.4. The summed E-state index contributed by atoms with van der Waals surface area (Å²) < 4.78 is 0. The first-order valence-corrected chi connectivity index (χ1v) is 7.19. The molecule has 0 aromatic rings. The zero-order valence-corrected chi connectivity index (χ0v) is 12.5. The molecule has 1 aliphatic rings. The van der Waals surface area contributed by atoms with Crippen LogP contribution in [-0.4, -0.2) is 68.4 Å². The third-order valence-corrected chi connectivity index (χ3v) is 3.73. The van der Waals surface area contributed by atoms with Gasteiger partial charge in [-0.25, -0.2) is 5.84 Å². The van der Waals surface area contributed by atoms with Crippen LogP contribution in [0.2, 0.25) is 0 Å². The highest BCUT2D eigenvalue weighted by Gasteiger charge is 2.27. The topological polar surface area (TPSA) is 90.7 Å². The van der Waals surface area contributed by atoms with E-state index in [1.165, 1.54) is 0 Å². The Labute approximate surface area is 120 Å². The molecule has 2 amide bonds. The first-order valence-electron chi connectivity index (χ1n) is 7.19. The van der Waals surface area contributed by atoms with Gasteiger partial charge in [0.05, 0.1) is 6.54 Å². The van der Waals surface area contributed by atoms with Gasteiger partial charge in [-0.05, 0) is 46.4 Å². The largest absolute Gasteiger partial charge is 0.342 e. The first kappa shape index (κ1) is 16.9. The summed E-state index contributed by atoms with van der Waals surface area (Å²) in [6.07, 6.45) is 2.41. The van der Waals surface area contributed by atoms with E-state index < -0.39 is 0 Å². The van der Waals surface area contributed by atoms with Gasteiger partial charge >= 0.3 is 0 Å². The van der Waals surface area contributed by atoms with Crippen molar-refractivity contribution in [2.45, 2.75) is 19.3 Å². The average Bonchev–Trinajstić information content (AvgIpc) is 2.46. The summed E-state index contributed by atoms with van der Waals surface area (Å²) in [7, 11) is 3.88. The highest BCUT2D eigenvalue weighted by atomic mass is 16.2. The number of hydrogen-bond acceptors (Lipinski definition) is 5. The van der Waals surface area contributed by atoms with Crippen LogP contribution in [0.15, 0.2) is 0 Å². The minimum absolute atomic E-state index is 0.0580. The lowest BCUT2D eigenvalue weighted by molar-refractivity contribution is -0.136. The van der Waals surface area contributed by atoms with Gasteiger partial charge in [0.25, 0.3) is 0 Å². The number of nitrogens with zero attached hydrogens (tertiary/aromatic N) is 2. The quantitative estimate of drug-likeness (QED) is 0.235. The van der Waals surface area contributed by atoms with E-state index in [1.807, 2.05) is 23.9 Å². The molecule has 0 aromatic heterocycles. The van der Waals surface area contributed by atoms with E-state index in [0.717, 1.165) is 19.5 Å². The van der Waals surface area contributed by atoms with Gasteiger partial charge in [0.2, 0.25) is 11.8 Å². The molecule has 20 heavy (non-hydrogen) atoms. The fourth-order valence-corrected chi connectivity index (χ4v) is 2.44. The molecule has 1 saturated heterocycles. The Morgan fingerprint density at radius 3 is 2.55 bits per heavy atom. The molecule has 1 heterocycles. The predicted octanol–water partition coefficient (Wildman–Crippen LogP) is -1.24. The molecule has 0 aromatic carbocycles. The van der Waals surface area contributed by atoms with Crippen molar-refractivity contribution in [1.82, 2.24) is 20.5 Å². The summed E-state index contributed by atoms with van der Waals surface area (Å²) in [6, 6.07) is 0. The van der Waals surface area contributed by atoms with Gasteiger partial charge in [-0.2, -0.15) is 0 Å². The number of hydrogen-bond donors (Lipinski definition) is 3. The molecule has 1 fully saturated rings. The van der Waals surface area contributed by atoms with Crippen molar-refractivity contribution < 1.29 is 9.59 Å². The number of carbonyl (C=O) groups excluding carboxylic acids is 2. The van der Waals surface area contributed by atoms with Crippen molar-refractivity contribution in [2.75, 3.05) is 46.8 Å². The number of likely N-dealkylation sites (tertiary alicyclic amines) is 1. The van der Waals surface area contributed by atoms with Crippen LogP contribution in [0.25, 0.3) is 0 Å². The van der Waals surface area contributed by atoms with E-state index >= 15 is 0 Å². The fourth-order valence-electron chi connectivity index (χ4n) is 2.44. The number of nitrogens with two attached hydrogens (primary N) is 1. The van der Waals surface area contributed by atoms with Crippen LogP contribution >= 0.6 is 0 Å². The first-order chi connectivity index (χ1) is 9.58. The normalized spacial score (nSPS) is 16.5. The number of carbonyl (C=O) groups is 2. The van der Waals surface area contributed by atoms with Gasteiger partial charge in [0.15, 0.2) is 0 Å². The maximum Gasteiger partial charge on any atom is 0.237 e. The molecule has 0 saturated carbocycles. The standard InChI is InChI=1S/C13H27N5O2/c1-15-6-3-7-17(2)10-12(19)18-8-4-11(5-9-18)13(20)16-14/h11,15H,3-10,14H2,1-2H3,(H,16,20). The SMILES string of the molecule is CNCCCN(C)CC(=O)N1CCC(C(=O)NN)CC1. The smallest absolute Gasteiger partial charge is 0.237 e. The molecule has 116 valence electrons. The van der Waals surface area contributed by atoms with Crippen molar-refractivity contribution in [1.29, 1.82) is 0 Å². The average molecular weight is 285 g/mol. The molecular weight excluding hydrogens is 258 g/mol. The second-order valence-electron chi connectivity index (χ2n) is 5.36. The van der Waals surface area contributed by atoms with Crippen molar-refractivity contribution in [3.8, 4) is 0 Å². The Hall–Kier alpha value is -1.18. The number of amides is 2. The Kier molecular flexibility index (Phi) is 7.50. The molecule has 4 N–H and O–H groups in total. The molecule has 0 radical (unpaired) electrons. The summed E-state index contributed by atoms with van der Waals surface area (Å²) in [5, 5.41) is 3.09. The summed E-state index contributed by atoms with van der Waals surface area (Å²) in [5.74, 6) is 5.09. The fraction of sp³-hybridized carbons (Fsp3) is 0.846. The Morgan fingerprint density at radius 2 is 2.00 bits per heavy atom. The zero-order chi connectivity index (χ0) is 15.0. The van der Waals surface area contributed by atoms with Gasteiger partial charge in [0, 0.05) is 19.0 Å². The third-order valence-electron chi connectivity index (χ3n) is 3.73.